The second-order valence-corrected chi connectivity index (χ2v) is 9.22. The summed E-state index contributed by atoms with van der Waals surface area (Å²) in [6, 6.07) is 11.3. The molecular formula is C22H18FN3O3S2. The molecule has 0 spiro atoms. The Bertz CT molecular complexity index is 1340. The van der Waals surface area contributed by atoms with E-state index in [1.807, 2.05) is 25.1 Å². The number of thiophene rings is 1. The monoisotopic (exact) mass is 455 g/mol. The van der Waals surface area contributed by atoms with Crippen LogP contribution in [-0.2, 0) is 9.53 Å². The van der Waals surface area contributed by atoms with E-state index >= 15 is 0 Å². The highest BCUT2D eigenvalue weighted by atomic mass is 32.1. The smallest absolute Gasteiger partial charge is 0.273 e. The van der Waals surface area contributed by atoms with Crippen molar-refractivity contribution in [3.05, 3.63) is 71.5 Å². The van der Waals surface area contributed by atoms with Gasteiger partial charge >= 0.3 is 0 Å². The molecule has 1 aliphatic rings. The molecule has 0 radical (unpaired) electrons. The third-order valence-corrected chi connectivity index (χ3v) is 6.82. The summed E-state index contributed by atoms with van der Waals surface area (Å²) < 4.78 is 20.7. The molecule has 0 bridgehead atoms. The molecule has 0 saturated carbocycles. The van der Waals surface area contributed by atoms with Gasteiger partial charge < -0.3 is 9.64 Å². The predicted molar refractivity (Wildman–Crippen MR) is 118 cm³/mol. The molecule has 1 saturated heterocycles. The molecule has 0 atom stereocenters. The lowest BCUT2D eigenvalue weighted by molar-refractivity contribution is -0.128. The van der Waals surface area contributed by atoms with Crippen LogP contribution in [-0.4, -0.2) is 41.7 Å². The lowest BCUT2D eigenvalue weighted by Gasteiger charge is -2.26. The number of hydrogen-bond donors (Lipinski definition) is 0. The molecule has 4 rings (SSSR count). The van der Waals surface area contributed by atoms with Crippen molar-refractivity contribution in [2.75, 3.05) is 26.3 Å². The third kappa shape index (κ3) is 4.37. The first-order valence-electron chi connectivity index (χ1n) is 9.55. The van der Waals surface area contributed by atoms with Gasteiger partial charge in [-0.3, -0.25) is 14.2 Å². The maximum atomic E-state index is 13.5. The molecule has 6 nitrogen and oxygen atoms in total. The molecule has 1 fully saturated rings. The molecule has 1 aromatic carbocycles. The molecule has 9 heteroatoms. The lowest BCUT2D eigenvalue weighted by atomic mass is 10.2. The highest BCUT2D eigenvalue weighted by Gasteiger charge is 2.24. The standard InChI is InChI=1S/C22H18FN3O3S2/c1-14-2-7-17(30-14)12-19-21(28)26(16-5-3-15(23)4-6-16)22(31-19)18(13-24)20(27)25-8-10-29-11-9-25/h2-7,12H,8-11H2,1H3/b19-12+,22-18+. The van der Waals surface area contributed by atoms with Gasteiger partial charge in [0.15, 0.2) is 5.57 Å². The normalized spacial score (nSPS) is 15.6. The van der Waals surface area contributed by atoms with Crippen LogP contribution in [0.1, 0.15) is 9.75 Å². The number of amides is 1. The van der Waals surface area contributed by atoms with Gasteiger partial charge in [0, 0.05) is 22.8 Å². The second kappa shape index (κ2) is 8.98. The van der Waals surface area contributed by atoms with Crippen LogP contribution in [0.2, 0.25) is 0 Å². The van der Waals surface area contributed by atoms with E-state index in [4.69, 9.17) is 4.74 Å². The number of hydrogen-bond acceptors (Lipinski definition) is 6. The number of halogens is 1. The number of aryl methyl sites for hydroxylation is 1. The molecule has 0 N–H and O–H groups in total. The number of morpholine rings is 1. The van der Waals surface area contributed by atoms with E-state index < -0.39 is 11.7 Å². The Kier molecular flexibility index (Phi) is 6.13. The number of ether oxygens (including phenoxy) is 1. The van der Waals surface area contributed by atoms with Crippen molar-refractivity contribution in [3.8, 4) is 11.8 Å². The molecule has 1 amide bonds. The summed E-state index contributed by atoms with van der Waals surface area (Å²) in [5.41, 5.74) is -0.0855. The highest BCUT2D eigenvalue weighted by molar-refractivity contribution is 7.13. The zero-order chi connectivity index (χ0) is 22.0. The Morgan fingerprint density at radius 1 is 1.16 bits per heavy atom. The Labute approximate surface area is 185 Å². The van der Waals surface area contributed by atoms with Gasteiger partial charge in [0.05, 0.1) is 23.4 Å². The van der Waals surface area contributed by atoms with E-state index in [2.05, 4.69) is 0 Å². The maximum Gasteiger partial charge on any atom is 0.273 e. The SMILES string of the molecule is Cc1ccc(/C=c2/s/c(=C(\C#N)C(=O)N3CCOCC3)n(-c3ccc(F)cc3)c2=O)s1. The molecule has 3 heterocycles. The maximum absolute atomic E-state index is 13.5. The van der Waals surface area contributed by atoms with Crippen LogP contribution >= 0.6 is 22.7 Å². The average molecular weight is 456 g/mol. The van der Waals surface area contributed by atoms with Gasteiger partial charge in [-0.1, -0.05) is 0 Å². The lowest BCUT2D eigenvalue weighted by Crippen LogP contribution is -2.42. The largest absolute Gasteiger partial charge is 0.378 e. The zero-order valence-electron chi connectivity index (χ0n) is 16.6. The predicted octanol–water partition coefficient (Wildman–Crippen LogP) is 1.77. The van der Waals surface area contributed by atoms with E-state index in [0.29, 0.717) is 36.5 Å². The van der Waals surface area contributed by atoms with Crippen LogP contribution in [0.15, 0.2) is 41.2 Å². The van der Waals surface area contributed by atoms with Crippen molar-refractivity contribution in [2.45, 2.75) is 6.92 Å². The Morgan fingerprint density at radius 3 is 2.48 bits per heavy atom. The van der Waals surface area contributed by atoms with E-state index in [1.165, 1.54) is 40.2 Å². The van der Waals surface area contributed by atoms with Crippen molar-refractivity contribution < 1.29 is 13.9 Å². The molecule has 0 aliphatic carbocycles. The Morgan fingerprint density at radius 2 is 1.87 bits per heavy atom. The fraction of sp³-hybridized carbons (Fsp3) is 0.227. The number of carbonyl (C=O) groups is 1. The van der Waals surface area contributed by atoms with Gasteiger partial charge in [0.2, 0.25) is 0 Å². The summed E-state index contributed by atoms with van der Waals surface area (Å²) >= 11 is 2.62. The molecule has 31 heavy (non-hydrogen) atoms. The minimum absolute atomic E-state index is 0.115. The zero-order valence-corrected chi connectivity index (χ0v) is 18.3. The number of nitrogens with zero attached hydrogens (tertiary/aromatic N) is 3. The van der Waals surface area contributed by atoms with Crippen molar-refractivity contribution in [1.29, 1.82) is 5.26 Å². The van der Waals surface area contributed by atoms with Crippen molar-refractivity contribution >= 4 is 40.2 Å². The molecule has 1 aliphatic heterocycles. The molecule has 158 valence electrons. The number of benzene rings is 1. The quantitative estimate of drug-likeness (QED) is 0.603. The molecular weight excluding hydrogens is 437 g/mol. The highest BCUT2D eigenvalue weighted by Crippen LogP contribution is 2.15. The van der Waals surface area contributed by atoms with E-state index in [0.717, 1.165) is 21.1 Å². The topological polar surface area (TPSA) is 75.3 Å². The second-order valence-electron chi connectivity index (χ2n) is 6.87. The molecule has 3 aromatic rings. The first-order chi connectivity index (χ1) is 15.0. The average Bonchev–Trinajstić information content (AvgIpc) is 3.33. The van der Waals surface area contributed by atoms with E-state index in [9.17, 15) is 19.2 Å². The van der Waals surface area contributed by atoms with Gasteiger partial charge in [-0.15, -0.1) is 22.7 Å². The van der Waals surface area contributed by atoms with E-state index in [-0.39, 0.29) is 15.8 Å². The van der Waals surface area contributed by atoms with Crippen LogP contribution < -0.4 is 14.8 Å². The van der Waals surface area contributed by atoms with Crippen molar-refractivity contribution in [2.24, 2.45) is 0 Å². The number of carbonyl (C=O) groups excluding carboxylic acids is 1. The fourth-order valence-corrected chi connectivity index (χ4v) is 5.23. The molecule has 0 unspecified atom stereocenters. The van der Waals surface area contributed by atoms with Gasteiger partial charge in [-0.2, -0.15) is 5.26 Å². The number of thiazole rings is 1. The minimum atomic E-state index is -0.443. The van der Waals surface area contributed by atoms with Gasteiger partial charge in [-0.25, -0.2) is 4.39 Å². The van der Waals surface area contributed by atoms with Gasteiger partial charge in [0.25, 0.3) is 11.5 Å². The molecule has 2 aromatic heterocycles. The van der Waals surface area contributed by atoms with Crippen LogP contribution in [0.4, 0.5) is 4.39 Å². The number of aromatic nitrogens is 1. The van der Waals surface area contributed by atoms with Crippen molar-refractivity contribution in [1.82, 2.24) is 9.47 Å². The summed E-state index contributed by atoms with van der Waals surface area (Å²) in [7, 11) is 0. The van der Waals surface area contributed by atoms with Crippen LogP contribution in [0.5, 0.6) is 0 Å². The first kappa shape index (κ1) is 21.2. The van der Waals surface area contributed by atoms with Crippen molar-refractivity contribution in [3.63, 3.8) is 0 Å². The van der Waals surface area contributed by atoms with Gasteiger partial charge in [-0.05, 0) is 49.4 Å². The van der Waals surface area contributed by atoms with Crippen LogP contribution in [0.25, 0.3) is 17.3 Å². The summed E-state index contributed by atoms with van der Waals surface area (Å²) in [5, 5.41) is 9.85. The Balaban J connectivity index is 1.98. The summed E-state index contributed by atoms with van der Waals surface area (Å²) in [4.78, 5) is 29.9. The van der Waals surface area contributed by atoms with Crippen LogP contribution in [0, 0.1) is 24.1 Å². The number of rotatable bonds is 3. The number of nitriles is 1. The first-order valence-corrected chi connectivity index (χ1v) is 11.2. The summed E-state index contributed by atoms with van der Waals surface area (Å²) in [6.45, 7) is 3.53. The Hall–Kier alpha value is -3.06. The summed E-state index contributed by atoms with van der Waals surface area (Å²) in [5.74, 6) is -0.885. The minimum Gasteiger partial charge on any atom is -0.378 e. The van der Waals surface area contributed by atoms with Crippen LogP contribution in [0.3, 0.4) is 0 Å². The third-order valence-electron chi connectivity index (χ3n) is 4.78. The fourth-order valence-electron chi connectivity index (χ4n) is 3.25. The van der Waals surface area contributed by atoms with E-state index in [1.54, 1.807) is 11.0 Å². The summed E-state index contributed by atoms with van der Waals surface area (Å²) in [6.07, 6.45) is 1.75. The van der Waals surface area contributed by atoms with Gasteiger partial charge in [0.1, 0.15) is 16.5 Å².